The molecule has 1 aromatic carbocycles. The second-order valence-electron chi connectivity index (χ2n) is 3.04. The third-order valence-electron chi connectivity index (χ3n) is 2.24. The molecule has 0 radical (unpaired) electrons. The Morgan fingerprint density at radius 3 is 2.42 bits per heavy atom. The van der Waals surface area contributed by atoms with Crippen LogP contribution in [-0.2, 0) is 15.1 Å². The average molecular weight is 162 g/mol. The molecule has 1 aliphatic rings. The Morgan fingerprint density at radius 1 is 1.42 bits per heavy atom. The van der Waals surface area contributed by atoms with Gasteiger partial charge in [-0.2, -0.15) is 0 Å². The first kappa shape index (κ1) is 7.50. The number of epoxide rings is 1. The van der Waals surface area contributed by atoms with Crippen LogP contribution >= 0.6 is 0 Å². The first-order valence-corrected chi connectivity index (χ1v) is 3.96. The SMILES string of the molecule is CC(=O)C1(c2ccccc2)CO1. The molecule has 0 bridgehead atoms. The standard InChI is InChI=1S/C10H10O2/c1-8(11)10(7-12-10)9-5-3-2-4-6-9/h2-6H,7H2,1H3. The summed E-state index contributed by atoms with van der Waals surface area (Å²) in [6.07, 6.45) is 0. The topological polar surface area (TPSA) is 29.6 Å². The summed E-state index contributed by atoms with van der Waals surface area (Å²) in [5.41, 5.74) is 0.374. The summed E-state index contributed by atoms with van der Waals surface area (Å²) in [6, 6.07) is 9.62. The number of benzene rings is 1. The molecule has 1 fully saturated rings. The van der Waals surface area contributed by atoms with Gasteiger partial charge < -0.3 is 4.74 Å². The van der Waals surface area contributed by atoms with Crippen LogP contribution in [-0.4, -0.2) is 12.4 Å². The summed E-state index contributed by atoms with van der Waals surface area (Å²) in [7, 11) is 0. The third kappa shape index (κ3) is 0.959. The number of carbonyl (C=O) groups excluding carboxylic acids is 1. The van der Waals surface area contributed by atoms with E-state index in [1.165, 1.54) is 0 Å². The zero-order valence-corrected chi connectivity index (χ0v) is 6.91. The Labute approximate surface area is 71.2 Å². The van der Waals surface area contributed by atoms with E-state index in [-0.39, 0.29) is 5.78 Å². The van der Waals surface area contributed by atoms with Gasteiger partial charge in [0.2, 0.25) is 0 Å². The molecule has 0 amide bonds. The van der Waals surface area contributed by atoms with Crippen molar-refractivity contribution in [3.63, 3.8) is 0 Å². The molecule has 0 saturated carbocycles. The first-order valence-electron chi connectivity index (χ1n) is 3.96. The molecule has 2 heteroatoms. The molecular formula is C10H10O2. The van der Waals surface area contributed by atoms with Crippen LogP contribution in [0.2, 0.25) is 0 Å². The van der Waals surface area contributed by atoms with Gasteiger partial charge in [0.05, 0.1) is 6.61 Å². The molecule has 0 aliphatic carbocycles. The number of carbonyl (C=O) groups is 1. The second-order valence-corrected chi connectivity index (χ2v) is 3.04. The summed E-state index contributed by atoms with van der Waals surface area (Å²) < 4.78 is 5.19. The Morgan fingerprint density at radius 2 is 2.00 bits per heavy atom. The maximum atomic E-state index is 11.2. The Balaban J connectivity index is 2.37. The van der Waals surface area contributed by atoms with Crippen LogP contribution in [0.25, 0.3) is 0 Å². The molecular weight excluding hydrogens is 152 g/mol. The van der Waals surface area contributed by atoms with Gasteiger partial charge in [-0.25, -0.2) is 0 Å². The van der Waals surface area contributed by atoms with Gasteiger partial charge in [-0.1, -0.05) is 30.3 Å². The third-order valence-corrected chi connectivity index (χ3v) is 2.24. The number of rotatable bonds is 2. The number of hydrogen-bond acceptors (Lipinski definition) is 2. The van der Waals surface area contributed by atoms with Crippen molar-refractivity contribution in [1.82, 2.24) is 0 Å². The molecule has 1 aromatic rings. The predicted molar refractivity (Wildman–Crippen MR) is 44.8 cm³/mol. The lowest BCUT2D eigenvalue weighted by atomic mass is 9.96. The van der Waals surface area contributed by atoms with Gasteiger partial charge in [-0.05, 0) is 12.5 Å². The Bertz CT molecular complexity index is 299. The van der Waals surface area contributed by atoms with Crippen molar-refractivity contribution in [1.29, 1.82) is 0 Å². The van der Waals surface area contributed by atoms with Crippen LogP contribution in [0.3, 0.4) is 0 Å². The van der Waals surface area contributed by atoms with Crippen molar-refractivity contribution in [2.75, 3.05) is 6.61 Å². The number of Topliss-reactive ketones (excluding diaryl/α,β-unsaturated/α-hetero) is 1. The van der Waals surface area contributed by atoms with E-state index in [0.717, 1.165) is 5.56 Å². The number of hydrogen-bond donors (Lipinski definition) is 0. The number of ketones is 1. The molecule has 62 valence electrons. The molecule has 0 spiro atoms. The lowest BCUT2D eigenvalue weighted by Crippen LogP contribution is -2.18. The molecule has 12 heavy (non-hydrogen) atoms. The highest BCUT2D eigenvalue weighted by atomic mass is 16.6. The molecule has 0 aromatic heterocycles. The van der Waals surface area contributed by atoms with Crippen LogP contribution in [0.5, 0.6) is 0 Å². The Kier molecular flexibility index (Phi) is 1.51. The molecule has 0 N–H and O–H groups in total. The monoisotopic (exact) mass is 162 g/mol. The zero-order valence-electron chi connectivity index (χ0n) is 6.91. The molecule has 2 rings (SSSR count). The van der Waals surface area contributed by atoms with Crippen molar-refractivity contribution in [3.05, 3.63) is 35.9 Å². The molecule has 1 atom stereocenters. The van der Waals surface area contributed by atoms with E-state index >= 15 is 0 Å². The lowest BCUT2D eigenvalue weighted by molar-refractivity contribution is -0.122. The van der Waals surface area contributed by atoms with E-state index in [4.69, 9.17) is 4.74 Å². The summed E-state index contributed by atoms with van der Waals surface area (Å²) in [5.74, 6) is 0.0914. The largest absolute Gasteiger partial charge is 0.356 e. The van der Waals surface area contributed by atoms with Crippen LogP contribution in [0.15, 0.2) is 30.3 Å². The minimum Gasteiger partial charge on any atom is -0.356 e. The highest BCUT2D eigenvalue weighted by molar-refractivity contribution is 5.88. The summed E-state index contributed by atoms with van der Waals surface area (Å²) >= 11 is 0. The minimum absolute atomic E-state index is 0.0914. The minimum atomic E-state index is -0.596. The molecule has 1 unspecified atom stereocenters. The van der Waals surface area contributed by atoms with E-state index < -0.39 is 5.60 Å². The highest BCUT2D eigenvalue weighted by Gasteiger charge is 2.50. The zero-order chi connectivity index (χ0) is 8.60. The number of ether oxygens (including phenoxy) is 1. The van der Waals surface area contributed by atoms with Gasteiger partial charge in [0, 0.05) is 0 Å². The van der Waals surface area contributed by atoms with Gasteiger partial charge >= 0.3 is 0 Å². The van der Waals surface area contributed by atoms with Crippen molar-refractivity contribution in [2.24, 2.45) is 0 Å². The van der Waals surface area contributed by atoms with E-state index in [1.54, 1.807) is 6.92 Å². The van der Waals surface area contributed by atoms with Crippen molar-refractivity contribution >= 4 is 5.78 Å². The molecule has 1 saturated heterocycles. The summed E-state index contributed by atoms with van der Waals surface area (Å²) in [4.78, 5) is 11.2. The van der Waals surface area contributed by atoms with Crippen molar-refractivity contribution < 1.29 is 9.53 Å². The van der Waals surface area contributed by atoms with E-state index in [1.807, 2.05) is 30.3 Å². The lowest BCUT2D eigenvalue weighted by Gasteiger charge is -2.06. The van der Waals surface area contributed by atoms with Gasteiger partial charge in [0.1, 0.15) is 0 Å². The van der Waals surface area contributed by atoms with Crippen LogP contribution < -0.4 is 0 Å². The molecule has 2 nitrogen and oxygen atoms in total. The maximum absolute atomic E-state index is 11.2. The van der Waals surface area contributed by atoms with Gasteiger partial charge in [-0.15, -0.1) is 0 Å². The summed E-state index contributed by atoms with van der Waals surface area (Å²) in [6.45, 7) is 2.10. The van der Waals surface area contributed by atoms with Crippen molar-refractivity contribution in [2.45, 2.75) is 12.5 Å². The molecule has 1 heterocycles. The van der Waals surface area contributed by atoms with Gasteiger partial charge in [0.25, 0.3) is 0 Å². The van der Waals surface area contributed by atoms with E-state index in [0.29, 0.717) is 6.61 Å². The fraction of sp³-hybridized carbons (Fsp3) is 0.300. The van der Waals surface area contributed by atoms with Gasteiger partial charge in [0.15, 0.2) is 11.4 Å². The highest BCUT2D eigenvalue weighted by Crippen LogP contribution is 2.39. The maximum Gasteiger partial charge on any atom is 0.174 e. The average Bonchev–Trinajstić information content (AvgIpc) is 2.86. The van der Waals surface area contributed by atoms with Crippen LogP contribution in [0, 0.1) is 0 Å². The van der Waals surface area contributed by atoms with Crippen LogP contribution in [0.1, 0.15) is 12.5 Å². The van der Waals surface area contributed by atoms with E-state index in [2.05, 4.69) is 0 Å². The first-order chi connectivity index (χ1) is 5.76. The molecule has 1 aliphatic heterocycles. The van der Waals surface area contributed by atoms with Gasteiger partial charge in [-0.3, -0.25) is 4.79 Å². The van der Waals surface area contributed by atoms with E-state index in [9.17, 15) is 4.79 Å². The summed E-state index contributed by atoms with van der Waals surface area (Å²) in [5, 5.41) is 0. The fourth-order valence-corrected chi connectivity index (χ4v) is 1.35. The predicted octanol–water partition coefficient (Wildman–Crippen LogP) is 1.50. The fourth-order valence-electron chi connectivity index (χ4n) is 1.35. The van der Waals surface area contributed by atoms with Crippen LogP contribution in [0.4, 0.5) is 0 Å². The Hall–Kier alpha value is -1.15. The smallest absolute Gasteiger partial charge is 0.174 e. The normalized spacial score (nSPS) is 26.8. The second kappa shape index (κ2) is 2.42. The van der Waals surface area contributed by atoms with Crippen molar-refractivity contribution in [3.8, 4) is 0 Å². The quantitative estimate of drug-likeness (QED) is 0.617.